The second kappa shape index (κ2) is 9.44. The molecule has 25 heavy (non-hydrogen) atoms. The molecule has 0 unspecified atom stereocenters. The lowest BCUT2D eigenvalue weighted by Gasteiger charge is -2.10. The van der Waals surface area contributed by atoms with Crippen LogP contribution in [0.1, 0.15) is 27.1 Å². The molecule has 2 rings (SSSR count). The predicted molar refractivity (Wildman–Crippen MR) is 96.2 cm³/mol. The zero-order valence-electron chi connectivity index (χ0n) is 14.4. The van der Waals surface area contributed by atoms with Gasteiger partial charge in [0.25, 0.3) is 11.8 Å². The number of rotatable bonds is 8. The Kier molecular flexibility index (Phi) is 6.98. The highest BCUT2D eigenvalue weighted by Gasteiger charge is 2.12. The second-order valence-electron chi connectivity index (χ2n) is 5.34. The van der Waals surface area contributed by atoms with E-state index in [0.717, 1.165) is 6.42 Å². The van der Waals surface area contributed by atoms with Gasteiger partial charge < -0.3 is 20.1 Å². The Bertz CT molecular complexity index is 731. The number of anilines is 1. The van der Waals surface area contributed by atoms with Crippen LogP contribution in [-0.2, 0) is 4.74 Å². The van der Waals surface area contributed by atoms with Crippen LogP contribution in [0.15, 0.2) is 48.5 Å². The third-order valence-electron chi connectivity index (χ3n) is 3.55. The predicted octanol–water partition coefficient (Wildman–Crippen LogP) is 2.71. The molecule has 2 aromatic rings. The van der Waals surface area contributed by atoms with Gasteiger partial charge in [-0.1, -0.05) is 18.2 Å². The van der Waals surface area contributed by atoms with E-state index >= 15 is 0 Å². The molecule has 2 aromatic carbocycles. The maximum Gasteiger partial charge on any atom is 0.259 e. The van der Waals surface area contributed by atoms with Gasteiger partial charge in [-0.05, 0) is 36.8 Å². The molecule has 2 N–H and O–H groups in total. The van der Waals surface area contributed by atoms with Crippen LogP contribution in [0.5, 0.6) is 5.75 Å². The van der Waals surface area contributed by atoms with E-state index in [4.69, 9.17) is 9.47 Å². The van der Waals surface area contributed by atoms with Gasteiger partial charge in [-0.15, -0.1) is 0 Å². The average Bonchev–Trinajstić information content (AvgIpc) is 2.65. The molecule has 0 saturated carbocycles. The van der Waals surface area contributed by atoms with Gasteiger partial charge in [0.15, 0.2) is 0 Å². The Morgan fingerprint density at radius 1 is 1.00 bits per heavy atom. The summed E-state index contributed by atoms with van der Waals surface area (Å²) in [6, 6.07) is 13.8. The molecule has 0 aromatic heterocycles. The van der Waals surface area contributed by atoms with Crippen molar-refractivity contribution in [2.24, 2.45) is 0 Å². The van der Waals surface area contributed by atoms with Gasteiger partial charge >= 0.3 is 0 Å². The molecule has 132 valence electrons. The van der Waals surface area contributed by atoms with Crippen molar-refractivity contribution in [3.63, 3.8) is 0 Å². The molecule has 2 amide bonds. The first-order valence-corrected chi connectivity index (χ1v) is 7.97. The fourth-order valence-corrected chi connectivity index (χ4v) is 2.29. The minimum Gasteiger partial charge on any atom is -0.496 e. The number of methoxy groups -OCH3 is 2. The molecule has 6 nitrogen and oxygen atoms in total. The number of hydrogen-bond acceptors (Lipinski definition) is 4. The number of para-hydroxylation sites is 1. The van der Waals surface area contributed by atoms with Gasteiger partial charge in [0.05, 0.1) is 12.7 Å². The maximum atomic E-state index is 12.4. The van der Waals surface area contributed by atoms with E-state index in [0.29, 0.717) is 35.7 Å². The number of carbonyl (C=O) groups excluding carboxylic acids is 2. The van der Waals surface area contributed by atoms with E-state index in [1.165, 1.54) is 7.11 Å². The summed E-state index contributed by atoms with van der Waals surface area (Å²) in [5, 5.41) is 5.60. The van der Waals surface area contributed by atoms with Gasteiger partial charge in [-0.2, -0.15) is 0 Å². The Morgan fingerprint density at radius 3 is 2.56 bits per heavy atom. The molecular formula is C19H22N2O4. The fraction of sp³-hybridized carbons (Fsp3) is 0.263. The van der Waals surface area contributed by atoms with Crippen LogP contribution >= 0.6 is 0 Å². The van der Waals surface area contributed by atoms with Crippen LogP contribution < -0.4 is 15.4 Å². The summed E-state index contributed by atoms with van der Waals surface area (Å²) in [5.74, 6) is 0.00615. The van der Waals surface area contributed by atoms with Crippen molar-refractivity contribution < 1.29 is 19.1 Å². The van der Waals surface area contributed by atoms with Gasteiger partial charge in [0.1, 0.15) is 5.75 Å². The lowest BCUT2D eigenvalue weighted by molar-refractivity contribution is 0.0947. The molecule has 0 aliphatic rings. The van der Waals surface area contributed by atoms with E-state index in [1.807, 2.05) is 0 Å². The third kappa shape index (κ3) is 5.32. The first-order valence-electron chi connectivity index (χ1n) is 7.97. The van der Waals surface area contributed by atoms with Crippen LogP contribution in [0.4, 0.5) is 5.69 Å². The molecule has 0 saturated heterocycles. The Balaban J connectivity index is 2.03. The lowest BCUT2D eigenvalue weighted by Crippen LogP contribution is -2.25. The summed E-state index contributed by atoms with van der Waals surface area (Å²) in [6.07, 6.45) is 0.743. The first kappa shape index (κ1) is 18.5. The summed E-state index contributed by atoms with van der Waals surface area (Å²) in [6.45, 7) is 1.12. The smallest absolute Gasteiger partial charge is 0.259 e. The number of ether oxygens (including phenoxy) is 2. The Morgan fingerprint density at radius 2 is 1.80 bits per heavy atom. The fourth-order valence-electron chi connectivity index (χ4n) is 2.29. The molecule has 0 aliphatic heterocycles. The van der Waals surface area contributed by atoms with Crippen LogP contribution in [0.2, 0.25) is 0 Å². The second-order valence-corrected chi connectivity index (χ2v) is 5.34. The number of hydrogen-bond donors (Lipinski definition) is 2. The molecule has 6 heteroatoms. The van der Waals surface area contributed by atoms with E-state index in [1.54, 1.807) is 55.6 Å². The SMILES string of the molecule is COCCCNC(=O)c1cccc(NC(=O)c2ccccc2OC)c1. The molecule has 0 aliphatic carbocycles. The van der Waals surface area contributed by atoms with Crippen molar-refractivity contribution in [3.05, 3.63) is 59.7 Å². The van der Waals surface area contributed by atoms with Crippen molar-refractivity contribution in [1.82, 2.24) is 5.32 Å². The lowest BCUT2D eigenvalue weighted by atomic mass is 10.1. The van der Waals surface area contributed by atoms with Gasteiger partial charge in [-0.25, -0.2) is 0 Å². The van der Waals surface area contributed by atoms with E-state index < -0.39 is 0 Å². The standard InChI is InChI=1S/C19H22N2O4/c1-24-12-6-11-20-18(22)14-7-5-8-15(13-14)21-19(23)16-9-3-4-10-17(16)25-2/h3-5,7-10,13H,6,11-12H2,1-2H3,(H,20,22)(H,21,23). The highest BCUT2D eigenvalue weighted by atomic mass is 16.5. The molecule has 0 bridgehead atoms. The van der Waals surface area contributed by atoms with Crippen molar-refractivity contribution >= 4 is 17.5 Å². The van der Waals surface area contributed by atoms with Gasteiger partial charge in [0, 0.05) is 31.5 Å². The van der Waals surface area contributed by atoms with Crippen molar-refractivity contribution in [2.75, 3.05) is 32.7 Å². The zero-order valence-corrected chi connectivity index (χ0v) is 14.4. The van der Waals surface area contributed by atoms with Gasteiger partial charge in [0.2, 0.25) is 0 Å². The largest absolute Gasteiger partial charge is 0.496 e. The third-order valence-corrected chi connectivity index (χ3v) is 3.55. The summed E-state index contributed by atoms with van der Waals surface area (Å²) in [4.78, 5) is 24.5. The van der Waals surface area contributed by atoms with Gasteiger partial charge in [-0.3, -0.25) is 9.59 Å². The normalized spacial score (nSPS) is 10.2. The number of benzene rings is 2. The summed E-state index contributed by atoms with van der Waals surface area (Å²) < 4.78 is 10.1. The quantitative estimate of drug-likeness (QED) is 0.723. The minimum absolute atomic E-state index is 0.190. The van der Waals surface area contributed by atoms with Crippen LogP contribution in [0, 0.1) is 0 Å². The minimum atomic E-state index is -0.296. The average molecular weight is 342 g/mol. The summed E-state index contributed by atoms with van der Waals surface area (Å²) in [5.41, 5.74) is 1.45. The molecule has 0 fully saturated rings. The molecular weight excluding hydrogens is 320 g/mol. The van der Waals surface area contributed by atoms with Crippen LogP contribution in [0.3, 0.4) is 0 Å². The Hall–Kier alpha value is -2.86. The van der Waals surface area contributed by atoms with Crippen LogP contribution in [0.25, 0.3) is 0 Å². The summed E-state index contributed by atoms with van der Waals surface area (Å²) in [7, 11) is 3.14. The first-order chi connectivity index (χ1) is 12.2. The van der Waals surface area contributed by atoms with Crippen molar-refractivity contribution in [1.29, 1.82) is 0 Å². The van der Waals surface area contributed by atoms with E-state index in [-0.39, 0.29) is 11.8 Å². The molecule has 0 radical (unpaired) electrons. The maximum absolute atomic E-state index is 12.4. The molecule has 0 spiro atoms. The zero-order chi connectivity index (χ0) is 18.1. The van der Waals surface area contributed by atoms with E-state index in [9.17, 15) is 9.59 Å². The number of amides is 2. The summed E-state index contributed by atoms with van der Waals surface area (Å²) >= 11 is 0. The van der Waals surface area contributed by atoms with Crippen molar-refractivity contribution in [3.8, 4) is 5.75 Å². The highest BCUT2D eigenvalue weighted by molar-refractivity contribution is 6.06. The van der Waals surface area contributed by atoms with Crippen molar-refractivity contribution in [2.45, 2.75) is 6.42 Å². The van der Waals surface area contributed by atoms with Crippen LogP contribution in [-0.4, -0.2) is 39.2 Å². The topological polar surface area (TPSA) is 76.7 Å². The highest BCUT2D eigenvalue weighted by Crippen LogP contribution is 2.19. The molecule has 0 heterocycles. The Labute approximate surface area is 147 Å². The number of carbonyl (C=O) groups is 2. The molecule has 0 atom stereocenters. The van der Waals surface area contributed by atoms with E-state index in [2.05, 4.69) is 10.6 Å². The number of nitrogens with one attached hydrogen (secondary N) is 2. The monoisotopic (exact) mass is 342 g/mol.